The van der Waals surface area contributed by atoms with Crippen molar-refractivity contribution in [1.29, 1.82) is 0 Å². The van der Waals surface area contributed by atoms with Crippen molar-refractivity contribution in [2.45, 2.75) is 4.21 Å². The van der Waals surface area contributed by atoms with Crippen molar-refractivity contribution in [1.82, 2.24) is 0 Å². The highest BCUT2D eigenvalue weighted by Gasteiger charge is 2.20. The van der Waals surface area contributed by atoms with E-state index >= 15 is 0 Å². The molecular weight excluding hydrogens is 320 g/mol. The first-order valence-corrected chi connectivity index (χ1v) is 8.40. The van der Waals surface area contributed by atoms with Crippen LogP contribution in [-0.2, 0) is 14.6 Å². The number of sulfone groups is 1. The molecule has 0 aliphatic rings. The lowest BCUT2D eigenvalue weighted by molar-refractivity contribution is -0.113. The number of nitrogen functional groups attached to an aromatic ring is 1. The average molecular weight is 331 g/mol. The molecule has 20 heavy (non-hydrogen) atoms. The number of anilines is 2. The van der Waals surface area contributed by atoms with Gasteiger partial charge in [-0.15, -0.1) is 11.3 Å². The van der Waals surface area contributed by atoms with Gasteiger partial charge in [-0.05, 0) is 29.6 Å². The molecule has 0 fully saturated rings. The molecule has 3 N–H and O–H groups in total. The molecule has 106 valence electrons. The summed E-state index contributed by atoms with van der Waals surface area (Å²) in [6, 6.07) is 7.66. The molecule has 8 heteroatoms. The lowest BCUT2D eigenvalue weighted by Gasteiger charge is -2.08. The third-order valence-corrected chi connectivity index (χ3v) is 5.82. The summed E-state index contributed by atoms with van der Waals surface area (Å²) >= 11 is 6.96. The van der Waals surface area contributed by atoms with E-state index in [1.807, 2.05) is 0 Å². The fraction of sp³-hybridized carbons (Fsp3) is 0.0833. The van der Waals surface area contributed by atoms with Gasteiger partial charge < -0.3 is 11.1 Å². The molecule has 1 amide bonds. The van der Waals surface area contributed by atoms with Crippen molar-refractivity contribution in [2.75, 3.05) is 16.8 Å². The van der Waals surface area contributed by atoms with Crippen LogP contribution in [0.5, 0.6) is 0 Å². The van der Waals surface area contributed by atoms with Crippen molar-refractivity contribution >= 4 is 50.1 Å². The summed E-state index contributed by atoms with van der Waals surface area (Å²) in [5.74, 6) is -1.30. The Morgan fingerprint density at radius 1 is 1.35 bits per heavy atom. The molecule has 5 nitrogen and oxygen atoms in total. The van der Waals surface area contributed by atoms with Crippen LogP contribution in [-0.4, -0.2) is 20.1 Å². The second kappa shape index (κ2) is 5.82. The minimum atomic E-state index is -3.63. The van der Waals surface area contributed by atoms with Gasteiger partial charge in [0.25, 0.3) is 0 Å². The topological polar surface area (TPSA) is 89.3 Å². The maximum atomic E-state index is 11.9. The normalized spacial score (nSPS) is 11.2. The molecule has 0 atom stereocenters. The molecule has 0 spiro atoms. The molecular formula is C12H11ClN2O3S2. The number of hydrogen-bond acceptors (Lipinski definition) is 5. The van der Waals surface area contributed by atoms with Gasteiger partial charge in [-0.3, -0.25) is 4.79 Å². The zero-order chi connectivity index (χ0) is 14.8. The third-order valence-electron chi connectivity index (χ3n) is 2.39. The van der Waals surface area contributed by atoms with E-state index in [0.29, 0.717) is 10.7 Å². The maximum Gasteiger partial charge on any atom is 0.240 e. The molecule has 0 saturated heterocycles. The number of amides is 1. The van der Waals surface area contributed by atoms with Gasteiger partial charge in [0, 0.05) is 5.69 Å². The summed E-state index contributed by atoms with van der Waals surface area (Å²) < 4.78 is 24.0. The number of carbonyl (C=O) groups is 1. The number of halogens is 1. The van der Waals surface area contributed by atoms with Crippen LogP contribution in [0.3, 0.4) is 0 Å². The number of nitrogens with one attached hydrogen (secondary N) is 1. The van der Waals surface area contributed by atoms with Gasteiger partial charge in [0.2, 0.25) is 5.91 Å². The first-order chi connectivity index (χ1) is 9.38. The molecule has 2 aromatic rings. The highest BCUT2D eigenvalue weighted by molar-refractivity contribution is 7.94. The zero-order valence-electron chi connectivity index (χ0n) is 10.2. The van der Waals surface area contributed by atoms with Crippen LogP contribution in [0.1, 0.15) is 0 Å². The van der Waals surface area contributed by atoms with Gasteiger partial charge in [-0.2, -0.15) is 0 Å². The van der Waals surface area contributed by atoms with E-state index in [4.69, 9.17) is 17.3 Å². The number of rotatable bonds is 4. The standard InChI is InChI=1S/C12H11ClN2O3S2/c13-9-4-3-8(14)6-10(9)15-11(16)7-20(17,18)12-2-1-5-19-12/h1-6H,7,14H2,(H,15,16). The van der Waals surface area contributed by atoms with Gasteiger partial charge >= 0.3 is 0 Å². The largest absolute Gasteiger partial charge is 0.399 e. The zero-order valence-corrected chi connectivity index (χ0v) is 12.6. The van der Waals surface area contributed by atoms with Crippen LogP contribution >= 0.6 is 22.9 Å². The number of thiophene rings is 1. The van der Waals surface area contributed by atoms with Crippen LogP contribution in [0.15, 0.2) is 39.9 Å². The predicted molar refractivity (Wildman–Crippen MR) is 80.9 cm³/mol. The molecule has 1 heterocycles. The van der Waals surface area contributed by atoms with Crippen LogP contribution in [0.4, 0.5) is 11.4 Å². The predicted octanol–water partition coefficient (Wildman–Crippen LogP) is 2.40. The van der Waals surface area contributed by atoms with Crippen LogP contribution in [0.2, 0.25) is 5.02 Å². The number of hydrogen-bond donors (Lipinski definition) is 2. The van der Waals surface area contributed by atoms with E-state index in [1.165, 1.54) is 18.2 Å². The summed E-state index contributed by atoms with van der Waals surface area (Å²) in [7, 11) is -3.63. The molecule has 0 bridgehead atoms. The Morgan fingerprint density at radius 2 is 2.10 bits per heavy atom. The van der Waals surface area contributed by atoms with Crippen LogP contribution in [0, 0.1) is 0 Å². The SMILES string of the molecule is Nc1ccc(Cl)c(NC(=O)CS(=O)(=O)c2cccs2)c1. The molecule has 0 saturated carbocycles. The third kappa shape index (κ3) is 3.50. The first kappa shape index (κ1) is 14.8. The quantitative estimate of drug-likeness (QED) is 0.842. The van der Waals surface area contributed by atoms with Crippen molar-refractivity contribution in [2.24, 2.45) is 0 Å². The molecule has 1 aromatic heterocycles. The Kier molecular flexibility index (Phi) is 4.32. The van der Waals surface area contributed by atoms with E-state index in [0.717, 1.165) is 11.3 Å². The first-order valence-electron chi connectivity index (χ1n) is 5.49. The second-order valence-electron chi connectivity index (χ2n) is 3.98. The van der Waals surface area contributed by atoms with Gasteiger partial charge in [-0.25, -0.2) is 8.42 Å². The summed E-state index contributed by atoms with van der Waals surface area (Å²) in [5.41, 5.74) is 6.29. The minimum Gasteiger partial charge on any atom is -0.399 e. The van der Waals surface area contributed by atoms with Crippen molar-refractivity contribution in [3.05, 3.63) is 40.7 Å². The van der Waals surface area contributed by atoms with Gasteiger partial charge in [-0.1, -0.05) is 17.7 Å². The van der Waals surface area contributed by atoms with Crippen molar-refractivity contribution in [3.8, 4) is 0 Å². The van der Waals surface area contributed by atoms with Gasteiger partial charge in [0.1, 0.15) is 9.96 Å². The summed E-state index contributed by atoms with van der Waals surface area (Å²) in [5, 5.41) is 4.37. The Balaban J connectivity index is 2.12. The Morgan fingerprint density at radius 3 is 2.75 bits per heavy atom. The molecule has 0 radical (unpaired) electrons. The number of carbonyl (C=O) groups excluding carboxylic acids is 1. The van der Waals surface area contributed by atoms with Crippen LogP contribution < -0.4 is 11.1 Å². The highest BCUT2D eigenvalue weighted by Crippen LogP contribution is 2.24. The molecule has 0 aliphatic heterocycles. The fourth-order valence-electron chi connectivity index (χ4n) is 1.51. The second-order valence-corrected chi connectivity index (χ2v) is 7.55. The summed E-state index contributed by atoms with van der Waals surface area (Å²) in [4.78, 5) is 11.8. The lowest BCUT2D eigenvalue weighted by Crippen LogP contribution is -2.22. The van der Waals surface area contributed by atoms with E-state index in [1.54, 1.807) is 17.5 Å². The Labute approximate surface area is 125 Å². The Bertz CT molecular complexity index is 727. The van der Waals surface area contributed by atoms with E-state index in [9.17, 15) is 13.2 Å². The van der Waals surface area contributed by atoms with Crippen LogP contribution in [0.25, 0.3) is 0 Å². The van der Waals surface area contributed by atoms with E-state index in [-0.39, 0.29) is 9.90 Å². The molecule has 0 aliphatic carbocycles. The molecule has 1 aromatic carbocycles. The monoisotopic (exact) mass is 330 g/mol. The summed E-state index contributed by atoms with van der Waals surface area (Å²) in [6.07, 6.45) is 0. The Hall–Kier alpha value is -1.57. The molecule has 2 rings (SSSR count). The lowest BCUT2D eigenvalue weighted by atomic mass is 10.3. The summed E-state index contributed by atoms with van der Waals surface area (Å²) in [6.45, 7) is 0. The van der Waals surface area contributed by atoms with Gasteiger partial charge in [0.05, 0.1) is 10.7 Å². The minimum absolute atomic E-state index is 0.159. The molecule has 0 unspecified atom stereocenters. The highest BCUT2D eigenvalue weighted by atomic mass is 35.5. The smallest absolute Gasteiger partial charge is 0.240 e. The number of benzene rings is 1. The fourth-order valence-corrected chi connectivity index (χ4v) is 3.90. The number of nitrogens with two attached hydrogens (primary N) is 1. The van der Waals surface area contributed by atoms with Gasteiger partial charge in [0.15, 0.2) is 9.84 Å². The average Bonchev–Trinajstić information content (AvgIpc) is 2.87. The van der Waals surface area contributed by atoms with Crippen molar-refractivity contribution in [3.63, 3.8) is 0 Å². The maximum absolute atomic E-state index is 11.9. The van der Waals surface area contributed by atoms with E-state index < -0.39 is 21.5 Å². The van der Waals surface area contributed by atoms with E-state index in [2.05, 4.69) is 5.32 Å². The van der Waals surface area contributed by atoms with Crippen molar-refractivity contribution < 1.29 is 13.2 Å².